The topological polar surface area (TPSA) is 17.1 Å². The van der Waals surface area contributed by atoms with Gasteiger partial charge in [0.25, 0.3) is 0 Å². The fourth-order valence-corrected chi connectivity index (χ4v) is 2.36. The van der Waals surface area contributed by atoms with Crippen LogP contribution in [-0.2, 0) is 9.52 Å². The van der Waals surface area contributed by atoms with E-state index in [1.165, 1.54) is 44.9 Å². The minimum absolute atomic E-state index is 0.808. The highest BCUT2D eigenvalue weighted by Gasteiger charge is 1.95. The molecular formula is C12H26OS. The van der Waals surface area contributed by atoms with E-state index < -0.39 is 9.52 Å². The SMILES string of the molecule is C=S(C)(=O)CCCCCCCCCC. The molecule has 0 aliphatic heterocycles. The van der Waals surface area contributed by atoms with Crippen LogP contribution in [0.3, 0.4) is 0 Å². The van der Waals surface area contributed by atoms with E-state index in [4.69, 9.17) is 0 Å². The molecule has 1 unspecified atom stereocenters. The van der Waals surface area contributed by atoms with Crippen LogP contribution >= 0.6 is 0 Å². The van der Waals surface area contributed by atoms with Crippen molar-refractivity contribution in [3.63, 3.8) is 0 Å². The van der Waals surface area contributed by atoms with Crippen molar-refractivity contribution in [2.24, 2.45) is 0 Å². The van der Waals surface area contributed by atoms with Gasteiger partial charge in [-0.2, -0.15) is 0 Å². The second-order valence-electron chi connectivity index (χ2n) is 4.36. The van der Waals surface area contributed by atoms with Gasteiger partial charge in [-0.05, 0) is 21.8 Å². The Bertz CT molecular complexity index is 204. The van der Waals surface area contributed by atoms with Gasteiger partial charge in [0.05, 0.1) is 0 Å². The van der Waals surface area contributed by atoms with E-state index >= 15 is 0 Å². The van der Waals surface area contributed by atoms with Crippen LogP contribution in [0.2, 0.25) is 0 Å². The van der Waals surface area contributed by atoms with Crippen LogP contribution < -0.4 is 0 Å². The third-order valence-electron chi connectivity index (χ3n) is 2.43. The van der Waals surface area contributed by atoms with Crippen LogP contribution in [0, 0.1) is 0 Å². The molecule has 0 radical (unpaired) electrons. The molecule has 0 aromatic carbocycles. The van der Waals surface area contributed by atoms with Crippen LogP contribution in [0.5, 0.6) is 0 Å². The van der Waals surface area contributed by atoms with Gasteiger partial charge in [0.2, 0.25) is 0 Å². The summed E-state index contributed by atoms with van der Waals surface area (Å²) in [6.07, 6.45) is 12.2. The average Bonchev–Trinajstić information content (AvgIpc) is 2.08. The van der Waals surface area contributed by atoms with E-state index in [1.54, 1.807) is 6.26 Å². The van der Waals surface area contributed by atoms with Crippen molar-refractivity contribution < 1.29 is 4.21 Å². The summed E-state index contributed by atoms with van der Waals surface area (Å²) in [7, 11) is -1.73. The quantitative estimate of drug-likeness (QED) is 0.428. The van der Waals surface area contributed by atoms with Gasteiger partial charge >= 0.3 is 0 Å². The zero-order valence-electron chi connectivity index (χ0n) is 9.89. The Kier molecular flexibility index (Phi) is 8.35. The van der Waals surface area contributed by atoms with Crippen LogP contribution in [0.1, 0.15) is 58.3 Å². The molecule has 86 valence electrons. The molecule has 0 saturated heterocycles. The predicted octanol–water partition coefficient (Wildman–Crippen LogP) is 3.47. The van der Waals surface area contributed by atoms with Crippen LogP contribution in [0.4, 0.5) is 0 Å². The summed E-state index contributed by atoms with van der Waals surface area (Å²) < 4.78 is 11.2. The second kappa shape index (κ2) is 8.34. The van der Waals surface area contributed by atoms with Crippen LogP contribution in [0.25, 0.3) is 0 Å². The standard InChI is InChI=1S/C12H26OS/c1-4-5-6-7-8-9-10-11-12-14(2,3)13/h2,4-12H2,1,3H3. The fourth-order valence-electron chi connectivity index (χ4n) is 1.54. The molecule has 0 bridgehead atoms. The third kappa shape index (κ3) is 12.0. The first-order valence-corrected chi connectivity index (χ1v) is 8.16. The number of hydrogen-bond donors (Lipinski definition) is 0. The molecule has 1 nitrogen and oxygen atoms in total. The molecule has 0 aliphatic rings. The Morgan fingerprint density at radius 1 is 0.929 bits per heavy atom. The van der Waals surface area contributed by atoms with E-state index in [1.807, 2.05) is 0 Å². The lowest BCUT2D eigenvalue weighted by Crippen LogP contribution is -2.01. The summed E-state index contributed by atoms with van der Waals surface area (Å²) in [5, 5.41) is 0. The summed E-state index contributed by atoms with van der Waals surface area (Å²) in [4.78, 5) is 0. The van der Waals surface area contributed by atoms with Crippen molar-refractivity contribution in [2.75, 3.05) is 12.0 Å². The molecule has 14 heavy (non-hydrogen) atoms. The molecule has 0 aliphatic carbocycles. The molecule has 0 rings (SSSR count). The van der Waals surface area contributed by atoms with Gasteiger partial charge in [-0.3, -0.25) is 4.21 Å². The third-order valence-corrected chi connectivity index (χ3v) is 3.58. The minimum atomic E-state index is -1.73. The van der Waals surface area contributed by atoms with E-state index in [0.717, 1.165) is 12.2 Å². The number of rotatable bonds is 9. The van der Waals surface area contributed by atoms with Crippen molar-refractivity contribution in [1.29, 1.82) is 0 Å². The highest BCUT2D eigenvalue weighted by atomic mass is 32.2. The van der Waals surface area contributed by atoms with Gasteiger partial charge in [-0.15, -0.1) is 0 Å². The Labute approximate surface area is 90.3 Å². The smallest absolute Gasteiger partial charge is 0.0156 e. The first-order chi connectivity index (χ1) is 6.56. The second-order valence-corrected chi connectivity index (χ2v) is 7.14. The van der Waals surface area contributed by atoms with Crippen LogP contribution in [-0.4, -0.2) is 22.1 Å². The largest absolute Gasteiger partial charge is 0.268 e. The van der Waals surface area contributed by atoms with Crippen molar-refractivity contribution in [3.05, 3.63) is 0 Å². The molecule has 1 atom stereocenters. The highest BCUT2D eigenvalue weighted by molar-refractivity contribution is 7.99. The molecule has 0 saturated carbocycles. The van der Waals surface area contributed by atoms with Gasteiger partial charge in [0, 0.05) is 12.0 Å². The lowest BCUT2D eigenvalue weighted by Gasteiger charge is -2.02. The molecule has 2 heteroatoms. The summed E-state index contributed by atoms with van der Waals surface area (Å²) in [6, 6.07) is 0. The van der Waals surface area contributed by atoms with Gasteiger partial charge in [-0.1, -0.05) is 51.9 Å². The zero-order valence-corrected chi connectivity index (χ0v) is 10.7. The first-order valence-electron chi connectivity index (χ1n) is 5.86. The molecule has 0 heterocycles. The lowest BCUT2D eigenvalue weighted by molar-refractivity contribution is 0.585. The molecule has 0 aromatic rings. The first kappa shape index (κ1) is 14.0. The van der Waals surface area contributed by atoms with Crippen molar-refractivity contribution in [1.82, 2.24) is 0 Å². The Morgan fingerprint density at radius 3 is 1.79 bits per heavy atom. The summed E-state index contributed by atoms with van der Waals surface area (Å²) in [5.41, 5.74) is 0. The van der Waals surface area contributed by atoms with Crippen molar-refractivity contribution >= 4 is 15.4 Å². The Balaban J connectivity index is 3.07. The van der Waals surface area contributed by atoms with Crippen molar-refractivity contribution in [2.45, 2.75) is 58.3 Å². The maximum absolute atomic E-state index is 11.2. The summed E-state index contributed by atoms with van der Waals surface area (Å²) in [5.74, 6) is 4.46. The van der Waals surface area contributed by atoms with Gasteiger partial charge in [0.15, 0.2) is 0 Å². The number of unbranched alkanes of at least 4 members (excludes halogenated alkanes) is 7. The number of hydrogen-bond acceptors (Lipinski definition) is 1. The fraction of sp³-hybridized carbons (Fsp3) is 0.917. The predicted molar refractivity (Wildman–Crippen MR) is 68.7 cm³/mol. The minimum Gasteiger partial charge on any atom is -0.268 e. The van der Waals surface area contributed by atoms with Gasteiger partial charge in [-0.25, -0.2) is 0 Å². The molecule has 0 amide bonds. The summed E-state index contributed by atoms with van der Waals surface area (Å²) >= 11 is 0. The molecule has 0 aromatic heterocycles. The van der Waals surface area contributed by atoms with Gasteiger partial charge in [0.1, 0.15) is 0 Å². The maximum Gasteiger partial charge on any atom is 0.0156 e. The van der Waals surface area contributed by atoms with E-state index in [2.05, 4.69) is 12.8 Å². The van der Waals surface area contributed by atoms with Crippen molar-refractivity contribution in [3.8, 4) is 0 Å². The summed E-state index contributed by atoms with van der Waals surface area (Å²) in [6.45, 7) is 2.24. The van der Waals surface area contributed by atoms with Gasteiger partial charge < -0.3 is 0 Å². The van der Waals surface area contributed by atoms with Crippen LogP contribution in [0.15, 0.2) is 0 Å². The average molecular weight is 218 g/mol. The van der Waals surface area contributed by atoms with E-state index in [-0.39, 0.29) is 0 Å². The monoisotopic (exact) mass is 218 g/mol. The normalized spacial score (nSPS) is 15.3. The molecule has 0 spiro atoms. The molecule has 0 fully saturated rings. The Hall–Kier alpha value is 0.0200. The van der Waals surface area contributed by atoms with E-state index in [0.29, 0.717) is 0 Å². The highest BCUT2D eigenvalue weighted by Crippen LogP contribution is 2.08. The van der Waals surface area contributed by atoms with E-state index in [9.17, 15) is 4.21 Å². The molecule has 0 N–H and O–H groups in total. The maximum atomic E-state index is 11.2. The lowest BCUT2D eigenvalue weighted by atomic mass is 10.1. The Morgan fingerprint density at radius 2 is 1.36 bits per heavy atom. The zero-order chi connectivity index (χ0) is 10.9. The molecular weight excluding hydrogens is 192 g/mol.